The van der Waals surface area contributed by atoms with E-state index in [1.807, 2.05) is 80.1 Å². The fraction of sp³-hybridized carbons (Fsp3) is 0.238. The van der Waals surface area contributed by atoms with Gasteiger partial charge in [-0.3, -0.25) is 4.79 Å². The number of aromatic nitrogens is 2. The molecule has 0 atom stereocenters. The van der Waals surface area contributed by atoms with Gasteiger partial charge in [0.1, 0.15) is 0 Å². The number of amides is 1. The summed E-state index contributed by atoms with van der Waals surface area (Å²) < 4.78 is 1.93. The van der Waals surface area contributed by atoms with Gasteiger partial charge in [0.15, 0.2) is 0 Å². The molecule has 25 heavy (non-hydrogen) atoms. The molecule has 0 aliphatic heterocycles. The molecule has 0 spiro atoms. The number of hydrogen-bond acceptors (Lipinski definition) is 2. The number of aryl methyl sites for hydroxylation is 2. The lowest BCUT2D eigenvalue weighted by Gasteiger charge is -2.07. The van der Waals surface area contributed by atoms with Gasteiger partial charge in [0.05, 0.1) is 17.8 Å². The van der Waals surface area contributed by atoms with Crippen LogP contribution in [0.1, 0.15) is 28.1 Å². The predicted octanol–water partition coefficient (Wildman–Crippen LogP) is 3.66. The van der Waals surface area contributed by atoms with Crippen LogP contribution in [0.5, 0.6) is 0 Å². The Kier molecular flexibility index (Phi) is 4.98. The fourth-order valence-electron chi connectivity index (χ4n) is 2.89. The van der Waals surface area contributed by atoms with Crippen LogP contribution in [-0.4, -0.2) is 15.7 Å². The predicted molar refractivity (Wildman–Crippen MR) is 99.8 cm³/mol. The number of benzene rings is 2. The highest BCUT2D eigenvalue weighted by molar-refractivity contribution is 5.78. The van der Waals surface area contributed by atoms with Crippen molar-refractivity contribution in [3.8, 4) is 5.69 Å². The molecule has 0 aliphatic carbocycles. The molecule has 4 heteroatoms. The van der Waals surface area contributed by atoms with Crippen molar-refractivity contribution < 1.29 is 4.79 Å². The maximum absolute atomic E-state index is 12.2. The summed E-state index contributed by atoms with van der Waals surface area (Å²) in [6.45, 7) is 6.55. The third-order valence-electron chi connectivity index (χ3n) is 4.39. The van der Waals surface area contributed by atoms with Crippen LogP contribution in [0, 0.1) is 20.8 Å². The van der Waals surface area contributed by atoms with Gasteiger partial charge in [0, 0.05) is 17.8 Å². The molecular formula is C21H23N3O. The van der Waals surface area contributed by atoms with Crippen LogP contribution >= 0.6 is 0 Å². The number of nitrogens with zero attached hydrogens (tertiary/aromatic N) is 2. The normalized spacial score (nSPS) is 10.7. The highest BCUT2D eigenvalue weighted by atomic mass is 16.1. The molecular weight excluding hydrogens is 310 g/mol. The Hall–Kier alpha value is -2.88. The minimum Gasteiger partial charge on any atom is -0.352 e. The van der Waals surface area contributed by atoms with E-state index < -0.39 is 0 Å². The molecule has 0 aliphatic rings. The average Bonchev–Trinajstić information content (AvgIpc) is 2.90. The quantitative estimate of drug-likeness (QED) is 0.774. The van der Waals surface area contributed by atoms with Gasteiger partial charge in [-0.1, -0.05) is 48.0 Å². The first-order valence-corrected chi connectivity index (χ1v) is 8.47. The highest BCUT2D eigenvalue weighted by Crippen LogP contribution is 2.17. The van der Waals surface area contributed by atoms with Crippen LogP contribution in [0.15, 0.2) is 54.6 Å². The summed E-state index contributed by atoms with van der Waals surface area (Å²) in [5.74, 6) is 0.0233. The Bertz CT molecular complexity index is 864. The van der Waals surface area contributed by atoms with Gasteiger partial charge in [0.2, 0.25) is 5.91 Å². The van der Waals surface area contributed by atoms with Gasteiger partial charge in [-0.2, -0.15) is 5.10 Å². The van der Waals surface area contributed by atoms with E-state index in [1.54, 1.807) is 0 Å². The molecule has 0 unspecified atom stereocenters. The lowest BCUT2D eigenvalue weighted by Crippen LogP contribution is -2.25. The summed E-state index contributed by atoms with van der Waals surface area (Å²) in [6, 6.07) is 18.1. The van der Waals surface area contributed by atoms with Crippen molar-refractivity contribution in [2.75, 3.05) is 0 Å². The number of carbonyl (C=O) groups excluding carboxylic acids is 1. The number of rotatable bonds is 5. The van der Waals surface area contributed by atoms with Crippen LogP contribution in [-0.2, 0) is 17.8 Å². The van der Waals surface area contributed by atoms with E-state index >= 15 is 0 Å². The van der Waals surface area contributed by atoms with E-state index in [2.05, 4.69) is 10.4 Å². The van der Waals surface area contributed by atoms with Crippen LogP contribution in [0.3, 0.4) is 0 Å². The Labute approximate surface area is 148 Å². The monoisotopic (exact) mass is 333 g/mol. The zero-order valence-electron chi connectivity index (χ0n) is 14.9. The van der Waals surface area contributed by atoms with Gasteiger partial charge in [-0.15, -0.1) is 0 Å². The molecule has 1 N–H and O–H groups in total. The molecule has 3 rings (SSSR count). The van der Waals surface area contributed by atoms with E-state index in [1.165, 1.54) is 5.56 Å². The lowest BCUT2D eigenvalue weighted by molar-refractivity contribution is -0.120. The molecule has 128 valence electrons. The maximum atomic E-state index is 12.2. The summed E-state index contributed by atoms with van der Waals surface area (Å²) in [4.78, 5) is 12.2. The zero-order valence-corrected chi connectivity index (χ0v) is 14.9. The van der Waals surface area contributed by atoms with E-state index in [4.69, 9.17) is 0 Å². The molecule has 1 aromatic heterocycles. The lowest BCUT2D eigenvalue weighted by atomic mass is 10.1. The SMILES string of the molecule is Cc1ccc(CC(=O)NCc2c(C)nn(-c3ccccc3)c2C)cc1. The minimum absolute atomic E-state index is 0.0233. The van der Waals surface area contributed by atoms with Crippen molar-refractivity contribution in [3.05, 3.63) is 82.7 Å². The van der Waals surface area contributed by atoms with Gasteiger partial charge in [-0.25, -0.2) is 4.68 Å². The first-order chi connectivity index (χ1) is 12.0. The van der Waals surface area contributed by atoms with Crippen molar-refractivity contribution in [2.45, 2.75) is 33.7 Å². The first kappa shape index (κ1) is 17.0. The summed E-state index contributed by atoms with van der Waals surface area (Å²) in [6.07, 6.45) is 0.394. The highest BCUT2D eigenvalue weighted by Gasteiger charge is 2.13. The molecule has 1 heterocycles. The molecule has 2 aromatic carbocycles. The zero-order chi connectivity index (χ0) is 17.8. The average molecular weight is 333 g/mol. The number of hydrogen-bond donors (Lipinski definition) is 1. The molecule has 0 saturated carbocycles. The first-order valence-electron chi connectivity index (χ1n) is 8.47. The minimum atomic E-state index is 0.0233. The van der Waals surface area contributed by atoms with Crippen LogP contribution in [0.25, 0.3) is 5.69 Å². The number of para-hydroxylation sites is 1. The molecule has 0 fully saturated rings. The van der Waals surface area contributed by atoms with E-state index in [9.17, 15) is 4.79 Å². The van der Waals surface area contributed by atoms with E-state index in [0.717, 1.165) is 28.2 Å². The fourth-order valence-corrected chi connectivity index (χ4v) is 2.89. The van der Waals surface area contributed by atoms with Crippen LogP contribution in [0.2, 0.25) is 0 Å². The smallest absolute Gasteiger partial charge is 0.224 e. The van der Waals surface area contributed by atoms with Crippen LogP contribution in [0.4, 0.5) is 0 Å². The Balaban J connectivity index is 1.68. The van der Waals surface area contributed by atoms with E-state index in [0.29, 0.717) is 13.0 Å². The number of carbonyl (C=O) groups is 1. The standard InChI is InChI=1S/C21H23N3O/c1-15-9-11-18(12-10-15)13-21(25)22-14-20-16(2)23-24(17(20)3)19-7-5-4-6-8-19/h4-12H,13-14H2,1-3H3,(H,22,25). The second-order valence-electron chi connectivity index (χ2n) is 6.34. The summed E-state index contributed by atoms with van der Waals surface area (Å²) in [5, 5.41) is 7.63. The molecule has 0 bridgehead atoms. The largest absolute Gasteiger partial charge is 0.352 e. The Morgan fingerprint density at radius 1 is 1.00 bits per heavy atom. The van der Waals surface area contributed by atoms with Crippen LogP contribution < -0.4 is 5.32 Å². The third-order valence-corrected chi connectivity index (χ3v) is 4.39. The Morgan fingerprint density at radius 2 is 1.68 bits per heavy atom. The van der Waals surface area contributed by atoms with Crippen molar-refractivity contribution in [2.24, 2.45) is 0 Å². The molecule has 0 saturated heterocycles. The van der Waals surface area contributed by atoms with Gasteiger partial charge in [0.25, 0.3) is 0 Å². The number of nitrogens with one attached hydrogen (secondary N) is 1. The molecule has 0 radical (unpaired) electrons. The third kappa shape index (κ3) is 3.97. The summed E-state index contributed by atoms with van der Waals surface area (Å²) in [7, 11) is 0. The topological polar surface area (TPSA) is 46.9 Å². The van der Waals surface area contributed by atoms with Crippen molar-refractivity contribution in [1.29, 1.82) is 0 Å². The summed E-state index contributed by atoms with van der Waals surface area (Å²) >= 11 is 0. The van der Waals surface area contributed by atoms with Crippen molar-refractivity contribution in [3.63, 3.8) is 0 Å². The second-order valence-corrected chi connectivity index (χ2v) is 6.34. The summed E-state index contributed by atoms with van der Waals surface area (Å²) in [5.41, 5.74) is 6.32. The molecule has 3 aromatic rings. The van der Waals surface area contributed by atoms with Gasteiger partial charge < -0.3 is 5.32 Å². The van der Waals surface area contributed by atoms with Gasteiger partial charge >= 0.3 is 0 Å². The van der Waals surface area contributed by atoms with Crippen molar-refractivity contribution >= 4 is 5.91 Å². The van der Waals surface area contributed by atoms with Crippen molar-refractivity contribution in [1.82, 2.24) is 15.1 Å². The second kappa shape index (κ2) is 7.34. The van der Waals surface area contributed by atoms with E-state index in [-0.39, 0.29) is 5.91 Å². The maximum Gasteiger partial charge on any atom is 0.224 e. The molecule has 1 amide bonds. The Morgan fingerprint density at radius 3 is 2.36 bits per heavy atom. The van der Waals surface area contributed by atoms with Gasteiger partial charge in [-0.05, 0) is 38.5 Å². The molecule has 4 nitrogen and oxygen atoms in total.